The average molecular weight is 312 g/mol. The van der Waals surface area contributed by atoms with Gasteiger partial charge in [-0.05, 0) is 30.5 Å². The number of benzene rings is 1. The molecule has 2 heterocycles. The molecule has 0 saturated heterocycles. The van der Waals surface area contributed by atoms with Crippen LogP contribution >= 0.6 is 0 Å². The summed E-state index contributed by atoms with van der Waals surface area (Å²) < 4.78 is 11.3. The predicted molar refractivity (Wildman–Crippen MR) is 85.0 cm³/mol. The molecule has 1 fully saturated rings. The van der Waals surface area contributed by atoms with Crippen molar-refractivity contribution in [2.75, 3.05) is 7.11 Å². The Bertz CT molecular complexity index is 802. The maximum Gasteiger partial charge on any atom is 0.258 e. The highest BCUT2D eigenvalue weighted by atomic mass is 16.5. The molecule has 1 aromatic carbocycles. The first-order chi connectivity index (χ1) is 11.3. The van der Waals surface area contributed by atoms with Crippen molar-refractivity contribution in [3.63, 3.8) is 0 Å². The first kappa shape index (κ1) is 14.4. The minimum Gasteiger partial charge on any atom is -0.368 e. The average Bonchev–Trinajstić information content (AvgIpc) is 3.24. The SMILES string of the molecule is COC1(c2nc(Cc3ccc4[nH]ncc4c3)no2)CCCCC1. The number of hydrogen-bond acceptors (Lipinski definition) is 5. The molecule has 6 heteroatoms. The van der Waals surface area contributed by atoms with E-state index in [0.29, 0.717) is 18.1 Å². The molecule has 3 aromatic rings. The maximum atomic E-state index is 5.77. The number of H-pyrrole nitrogens is 1. The molecule has 1 aliphatic rings. The van der Waals surface area contributed by atoms with E-state index in [1.807, 2.05) is 12.3 Å². The molecule has 4 rings (SSSR count). The van der Waals surface area contributed by atoms with Crippen molar-refractivity contribution in [1.82, 2.24) is 20.3 Å². The maximum absolute atomic E-state index is 5.77. The van der Waals surface area contributed by atoms with Crippen LogP contribution in [0.15, 0.2) is 28.9 Å². The summed E-state index contributed by atoms with van der Waals surface area (Å²) in [7, 11) is 1.74. The quantitative estimate of drug-likeness (QED) is 0.799. The van der Waals surface area contributed by atoms with E-state index in [1.165, 1.54) is 6.42 Å². The van der Waals surface area contributed by atoms with Crippen molar-refractivity contribution in [3.8, 4) is 0 Å². The largest absolute Gasteiger partial charge is 0.368 e. The smallest absolute Gasteiger partial charge is 0.258 e. The first-order valence-electron chi connectivity index (χ1n) is 8.09. The summed E-state index contributed by atoms with van der Waals surface area (Å²) in [6.45, 7) is 0. The molecular weight excluding hydrogens is 292 g/mol. The molecule has 2 aromatic heterocycles. The standard InChI is InChI=1S/C17H20N4O2/c1-22-17(7-3-2-4-8-17)16-19-15(21-23-16)10-12-5-6-14-13(9-12)11-18-20-14/h5-6,9,11H,2-4,7-8,10H2,1H3,(H,18,20). The molecule has 1 N–H and O–H groups in total. The van der Waals surface area contributed by atoms with Gasteiger partial charge in [0.1, 0.15) is 5.60 Å². The lowest BCUT2D eigenvalue weighted by Gasteiger charge is -2.32. The Labute approximate surface area is 134 Å². The van der Waals surface area contributed by atoms with Crippen LogP contribution in [0.3, 0.4) is 0 Å². The molecule has 6 nitrogen and oxygen atoms in total. The lowest BCUT2D eigenvalue weighted by atomic mass is 9.84. The van der Waals surface area contributed by atoms with E-state index >= 15 is 0 Å². The van der Waals surface area contributed by atoms with Crippen LogP contribution in [0.2, 0.25) is 0 Å². The molecule has 23 heavy (non-hydrogen) atoms. The second kappa shape index (κ2) is 5.77. The second-order valence-electron chi connectivity index (χ2n) is 6.24. The van der Waals surface area contributed by atoms with Crippen LogP contribution in [-0.4, -0.2) is 27.4 Å². The Kier molecular flexibility index (Phi) is 3.61. The van der Waals surface area contributed by atoms with E-state index in [-0.39, 0.29) is 0 Å². The normalized spacial score (nSPS) is 17.6. The van der Waals surface area contributed by atoms with Gasteiger partial charge in [0.25, 0.3) is 5.89 Å². The fourth-order valence-corrected chi connectivity index (χ4v) is 3.42. The molecule has 0 radical (unpaired) electrons. The fraction of sp³-hybridized carbons (Fsp3) is 0.471. The van der Waals surface area contributed by atoms with Crippen molar-refractivity contribution in [2.45, 2.75) is 44.1 Å². The summed E-state index contributed by atoms with van der Waals surface area (Å²) in [6.07, 6.45) is 7.90. The summed E-state index contributed by atoms with van der Waals surface area (Å²) in [6, 6.07) is 6.18. The van der Waals surface area contributed by atoms with E-state index in [1.54, 1.807) is 7.11 Å². The van der Waals surface area contributed by atoms with Gasteiger partial charge >= 0.3 is 0 Å². The van der Waals surface area contributed by atoms with E-state index in [9.17, 15) is 0 Å². The van der Waals surface area contributed by atoms with Crippen LogP contribution in [0.1, 0.15) is 49.4 Å². The Morgan fingerprint density at radius 3 is 2.96 bits per heavy atom. The predicted octanol–water partition coefficient (Wildman–Crippen LogP) is 3.34. The Hall–Kier alpha value is -2.21. The lowest BCUT2D eigenvalue weighted by molar-refractivity contribution is -0.0672. The van der Waals surface area contributed by atoms with Gasteiger partial charge in [0.2, 0.25) is 0 Å². The highest BCUT2D eigenvalue weighted by molar-refractivity contribution is 5.78. The van der Waals surface area contributed by atoms with Gasteiger partial charge in [0.05, 0.1) is 11.7 Å². The van der Waals surface area contributed by atoms with Crippen LogP contribution in [0.4, 0.5) is 0 Å². The van der Waals surface area contributed by atoms with Crippen LogP contribution in [0, 0.1) is 0 Å². The molecule has 0 atom stereocenters. The zero-order valence-electron chi connectivity index (χ0n) is 13.2. The van der Waals surface area contributed by atoms with Gasteiger partial charge in [0.15, 0.2) is 5.82 Å². The van der Waals surface area contributed by atoms with Crippen LogP contribution in [-0.2, 0) is 16.8 Å². The minimum absolute atomic E-state index is 0.391. The number of aromatic nitrogens is 4. The highest BCUT2D eigenvalue weighted by Crippen LogP contribution is 2.39. The monoisotopic (exact) mass is 312 g/mol. The zero-order chi connectivity index (χ0) is 15.7. The highest BCUT2D eigenvalue weighted by Gasteiger charge is 2.39. The number of nitrogens with one attached hydrogen (secondary N) is 1. The van der Waals surface area contributed by atoms with Gasteiger partial charge in [-0.1, -0.05) is 30.5 Å². The summed E-state index contributed by atoms with van der Waals surface area (Å²) in [5.41, 5.74) is 1.78. The third-order valence-electron chi connectivity index (χ3n) is 4.78. The third-order valence-corrected chi connectivity index (χ3v) is 4.78. The topological polar surface area (TPSA) is 76.8 Å². The molecule has 0 bridgehead atoms. The molecule has 1 saturated carbocycles. The molecule has 0 aliphatic heterocycles. The van der Waals surface area contributed by atoms with Crippen molar-refractivity contribution in [1.29, 1.82) is 0 Å². The summed E-state index contributed by atoms with van der Waals surface area (Å²) in [5.74, 6) is 1.32. The number of ether oxygens (including phenoxy) is 1. The summed E-state index contributed by atoms with van der Waals surface area (Å²) in [4.78, 5) is 4.61. The van der Waals surface area contributed by atoms with Gasteiger partial charge in [-0.3, -0.25) is 5.10 Å². The van der Waals surface area contributed by atoms with Crippen molar-refractivity contribution < 1.29 is 9.26 Å². The molecule has 1 aliphatic carbocycles. The van der Waals surface area contributed by atoms with Crippen molar-refractivity contribution in [3.05, 3.63) is 41.7 Å². The number of methoxy groups -OCH3 is 1. The second-order valence-corrected chi connectivity index (χ2v) is 6.24. The van der Waals surface area contributed by atoms with Gasteiger partial charge < -0.3 is 9.26 Å². The number of rotatable bonds is 4. The molecular formula is C17H20N4O2. The van der Waals surface area contributed by atoms with Gasteiger partial charge in [-0.15, -0.1) is 0 Å². The van der Waals surface area contributed by atoms with Crippen molar-refractivity contribution >= 4 is 10.9 Å². The molecule has 0 spiro atoms. The fourth-order valence-electron chi connectivity index (χ4n) is 3.42. The van der Waals surface area contributed by atoms with Crippen LogP contribution in [0.5, 0.6) is 0 Å². The van der Waals surface area contributed by atoms with E-state index in [2.05, 4.69) is 32.5 Å². The summed E-state index contributed by atoms with van der Waals surface area (Å²) in [5, 5.41) is 12.2. The van der Waals surface area contributed by atoms with Crippen LogP contribution in [0.25, 0.3) is 10.9 Å². The van der Waals surface area contributed by atoms with Gasteiger partial charge in [-0.2, -0.15) is 10.1 Å². The Balaban J connectivity index is 1.57. The molecule has 0 amide bonds. The minimum atomic E-state index is -0.391. The van der Waals surface area contributed by atoms with E-state index < -0.39 is 5.60 Å². The number of fused-ring (bicyclic) bond motifs is 1. The number of hydrogen-bond donors (Lipinski definition) is 1. The van der Waals surface area contributed by atoms with E-state index in [0.717, 1.165) is 42.1 Å². The number of nitrogens with zero attached hydrogens (tertiary/aromatic N) is 3. The lowest BCUT2D eigenvalue weighted by Crippen LogP contribution is -2.31. The van der Waals surface area contributed by atoms with Crippen molar-refractivity contribution in [2.24, 2.45) is 0 Å². The first-order valence-corrected chi connectivity index (χ1v) is 8.09. The summed E-state index contributed by atoms with van der Waals surface area (Å²) >= 11 is 0. The Morgan fingerprint density at radius 1 is 1.26 bits per heavy atom. The Morgan fingerprint density at radius 2 is 2.13 bits per heavy atom. The van der Waals surface area contributed by atoms with Crippen LogP contribution < -0.4 is 0 Å². The molecule has 0 unspecified atom stereocenters. The van der Waals surface area contributed by atoms with Gasteiger partial charge in [0, 0.05) is 18.9 Å². The molecule has 120 valence electrons. The van der Waals surface area contributed by atoms with E-state index in [4.69, 9.17) is 9.26 Å². The number of aromatic amines is 1. The van der Waals surface area contributed by atoms with Gasteiger partial charge in [-0.25, -0.2) is 0 Å². The third kappa shape index (κ3) is 2.63. The zero-order valence-corrected chi connectivity index (χ0v) is 13.2.